The number of urea groups is 1. The lowest BCUT2D eigenvalue weighted by Crippen LogP contribution is -2.63. The fourth-order valence-electron chi connectivity index (χ4n) is 5.13. The van der Waals surface area contributed by atoms with Crippen LogP contribution in [-0.2, 0) is 20.7 Å². The number of carbonyl (C=O) groups excluding carboxylic acids is 3. The van der Waals surface area contributed by atoms with Crippen LogP contribution in [0.5, 0.6) is 0 Å². The van der Waals surface area contributed by atoms with Gasteiger partial charge in [-0.05, 0) is 37.6 Å². The molecule has 4 rings (SSSR count). The van der Waals surface area contributed by atoms with Crippen LogP contribution in [0.1, 0.15) is 40.2 Å². The summed E-state index contributed by atoms with van der Waals surface area (Å²) in [6, 6.07) is 8.02. The van der Waals surface area contributed by atoms with Crippen molar-refractivity contribution in [2.24, 2.45) is 5.41 Å². The zero-order chi connectivity index (χ0) is 30.1. The highest BCUT2D eigenvalue weighted by Gasteiger charge is 2.56. The zero-order valence-corrected chi connectivity index (χ0v) is 23.9. The molecule has 41 heavy (non-hydrogen) atoms. The van der Waals surface area contributed by atoms with Gasteiger partial charge in [0.1, 0.15) is 23.4 Å². The molecule has 2 aliphatic rings. The summed E-state index contributed by atoms with van der Waals surface area (Å²) in [7, 11) is 0. The van der Waals surface area contributed by atoms with Crippen molar-refractivity contribution in [2.45, 2.75) is 52.8 Å². The van der Waals surface area contributed by atoms with Gasteiger partial charge in [0, 0.05) is 44.2 Å². The minimum absolute atomic E-state index is 0.0430. The molecule has 2 saturated heterocycles. The number of amides is 4. The summed E-state index contributed by atoms with van der Waals surface area (Å²) in [4.78, 5) is 70.5. The number of anilines is 1. The maximum absolute atomic E-state index is 13.5. The van der Waals surface area contributed by atoms with Gasteiger partial charge in [0.15, 0.2) is 0 Å². The smallest absolute Gasteiger partial charge is 0.410 e. The Balaban J connectivity index is 1.36. The molecule has 3 heterocycles. The van der Waals surface area contributed by atoms with E-state index in [9.17, 15) is 29.1 Å². The Hall–Kier alpha value is -4.26. The van der Waals surface area contributed by atoms with Crippen molar-refractivity contribution in [3.05, 3.63) is 52.6 Å². The lowest BCUT2D eigenvalue weighted by atomic mass is 9.91. The number of ketones is 1. The minimum atomic E-state index is -1.38. The molecule has 2 N–H and O–H groups in total. The number of aromatic nitrogens is 2. The average Bonchev–Trinajstić information content (AvgIpc) is 3.28. The molecule has 0 aliphatic carbocycles. The van der Waals surface area contributed by atoms with E-state index in [-0.39, 0.29) is 50.3 Å². The maximum atomic E-state index is 13.5. The van der Waals surface area contributed by atoms with Crippen LogP contribution >= 0.6 is 0 Å². The van der Waals surface area contributed by atoms with Gasteiger partial charge in [0.25, 0.3) is 5.91 Å². The van der Waals surface area contributed by atoms with E-state index >= 15 is 0 Å². The largest absolute Gasteiger partial charge is 0.465 e. The van der Waals surface area contributed by atoms with Gasteiger partial charge in [0.05, 0.1) is 12.3 Å². The van der Waals surface area contributed by atoms with E-state index in [1.165, 1.54) is 28.7 Å². The first-order valence-electron chi connectivity index (χ1n) is 13.4. The number of hydrogen-bond acceptors (Lipinski definition) is 7. The fraction of sp³-hybridized carbons (Fsp3) is 0.500. The van der Waals surface area contributed by atoms with Gasteiger partial charge in [-0.1, -0.05) is 32.9 Å². The molecule has 2 aliphatic heterocycles. The number of carboxylic acid groups (broad SMARTS) is 1. The molecule has 220 valence electrons. The molecule has 13 nitrogen and oxygen atoms in total. The highest BCUT2D eigenvalue weighted by atomic mass is 16.5. The van der Waals surface area contributed by atoms with Crippen molar-refractivity contribution in [3.63, 3.8) is 0 Å². The third-order valence-corrected chi connectivity index (χ3v) is 7.26. The van der Waals surface area contributed by atoms with E-state index in [4.69, 9.17) is 4.74 Å². The second kappa shape index (κ2) is 11.3. The number of ether oxygens (including phenoxy) is 1. The van der Waals surface area contributed by atoms with E-state index in [0.29, 0.717) is 12.1 Å². The summed E-state index contributed by atoms with van der Waals surface area (Å²) in [6.45, 7) is 9.45. The topological polar surface area (TPSA) is 154 Å². The summed E-state index contributed by atoms with van der Waals surface area (Å²) in [5.74, 6) is -0.239. The van der Waals surface area contributed by atoms with Crippen molar-refractivity contribution in [3.8, 4) is 5.69 Å². The normalized spacial score (nSPS) is 21.1. The number of benzene rings is 1. The van der Waals surface area contributed by atoms with E-state index in [1.807, 2.05) is 20.8 Å². The molecule has 2 fully saturated rings. The number of nitrogens with one attached hydrogen (secondary N) is 1. The van der Waals surface area contributed by atoms with Crippen LogP contribution in [0.15, 0.2) is 41.3 Å². The molecule has 2 atom stereocenters. The molecule has 1 aromatic heterocycles. The van der Waals surface area contributed by atoms with Gasteiger partial charge in [-0.3, -0.25) is 24.4 Å². The molecular formula is C28H36N6O7. The van der Waals surface area contributed by atoms with Gasteiger partial charge in [-0.2, -0.15) is 4.98 Å². The number of piperazine rings is 1. The van der Waals surface area contributed by atoms with Crippen molar-refractivity contribution >= 4 is 29.6 Å². The van der Waals surface area contributed by atoms with Gasteiger partial charge >= 0.3 is 17.8 Å². The first-order chi connectivity index (χ1) is 19.2. The Morgan fingerprint density at radius 1 is 1.05 bits per heavy atom. The fourth-order valence-corrected chi connectivity index (χ4v) is 5.13. The predicted molar refractivity (Wildman–Crippen MR) is 149 cm³/mol. The van der Waals surface area contributed by atoms with Crippen LogP contribution in [0.2, 0.25) is 0 Å². The van der Waals surface area contributed by atoms with Crippen molar-refractivity contribution < 1.29 is 29.0 Å². The summed E-state index contributed by atoms with van der Waals surface area (Å²) < 4.78 is 7.12. The van der Waals surface area contributed by atoms with Crippen LogP contribution < -0.4 is 11.0 Å². The lowest BCUT2D eigenvalue weighted by molar-refractivity contribution is -0.143. The van der Waals surface area contributed by atoms with E-state index in [2.05, 4.69) is 10.3 Å². The minimum Gasteiger partial charge on any atom is -0.465 e. The van der Waals surface area contributed by atoms with Crippen molar-refractivity contribution in [2.75, 3.05) is 38.1 Å². The monoisotopic (exact) mass is 568 g/mol. The Morgan fingerprint density at radius 2 is 1.66 bits per heavy atom. The molecular weight excluding hydrogens is 532 g/mol. The number of Topliss-reactive ketones (excluding diaryl/α,β-unsaturated/α-hetero) is 1. The Morgan fingerprint density at radius 3 is 2.20 bits per heavy atom. The molecule has 0 bridgehead atoms. The Labute approximate surface area is 237 Å². The van der Waals surface area contributed by atoms with Crippen LogP contribution in [0.4, 0.5) is 15.4 Å². The lowest BCUT2D eigenvalue weighted by Gasteiger charge is -2.42. The van der Waals surface area contributed by atoms with Crippen LogP contribution in [0.3, 0.4) is 0 Å². The molecule has 0 unspecified atom stereocenters. The van der Waals surface area contributed by atoms with Crippen LogP contribution in [-0.4, -0.2) is 97.7 Å². The standard InChI is InChI=1S/C28H36N6O7/c1-18(35)16-19-6-8-20(9-7-19)33-11-10-21(30-25(33)38)29-24(37)32-14-12-31(13-15-32)22(36)28(5)17-41-23(27(2,3)4)34(28)26(39)40/h6-11,23H,12-17H2,1-5H3,(H,39,40)(H,29,30,37,38)/t23-,28+/m1/s1. The summed E-state index contributed by atoms with van der Waals surface area (Å²) in [5, 5.41) is 12.5. The van der Waals surface area contributed by atoms with Gasteiger partial charge in [-0.25, -0.2) is 14.4 Å². The second-order valence-corrected chi connectivity index (χ2v) is 11.7. The highest BCUT2D eigenvalue weighted by molar-refractivity contribution is 5.91. The van der Waals surface area contributed by atoms with E-state index in [0.717, 1.165) is 10.5 Å². The summed E-state index contributed by atoms with van der Waals surface area (Å²) >= 11 is 0. The molecule has 0 radical (unpaired) electrons. The quantitative estimate of drug-likeness (QED) is 0.556. The van der Waals surface area contributed by atoms with E-state index < -0.39 is 35.0 Å². The molecule has 2 aromatic rings. The highest BCUT2D eigenvalue weighted by Crippen LogP contribution is 2.38. The summed E-state index contributed by atoms with van der Waals surface area (Å²) in [6.07, 6.45) is -0.177. The van der Waals surface area contributed by atoms with Gasteiger partial charge < -0.3 is 19.6 Å². The predicted octanol–water partition coefficient (Wildman–Crippen LogP) is 2.18. The van der Waals surface area contributed by atoms with Crippen molar-refractivity contribution in [1.82, 2.24) is 24.3 Å². The molecule has 0 saturated carbocycles. The molecule has 4 amide bonds. The number of hydrogen-bond donors (Lipinski definition) is 2. The second-order valence-electron chi connectivity index (χ2n) is 11.7. The number of nitrogens with zero attached hydrogens (tertiary/aromatic N) is 5. The molecule has 13 heteroatoms. The van der Waals surface area contributed by atoms with Gasteiger partial charge in [0.2, 0.25) is 0 Å². The molecule has 1 aromatic carbocycles. The zero-order valence-electron chi connectivity index (χ0n) is 23.9. The third kappa shape index (κ3) is 6.24. The van der Waals surface area contributed by atoms with Gasteiger partial charge in [-0.15, -0.1) is 0 Å². The third-order valence-electron chi connectivity index (χ3n) is 7.26. The van der Waals surface area contributed by atoms with Crippen LogP contribution in [0, 0.1) is 5.41 Å². The Kier molecular flexibility index (Phi) is 8.20. The SMILES string of the molecule is CC(=O)Cc1ccc(-n2ccc(NC(=O)N3CCN(C(=O)[C@]4(C)CO[C@H](C(C)(C)C)N4C(=O)O)CC3)nc2=O)cc1. The first-order valence-corrected chi connectivity index (χ1v) is 13.4. The number of rotatable bonds is 5. The number of carbonyl (C=O) groups is 4. The van der Waals surface area contributed by atoms with Crippen LogP contribution in [0.25, 0.3) is 5.69 Å². The summed E-state index contributed by atoms with van der Waals surface area (Å²) in [5.41, 5.74) is -1.07. The Bertz CT molecular complexity index is 1390. The first kappa shape index (κ1) is 29.7. The van der Waals surface area contributed by atoms with E-state index in [1.54, 1.807) is 36.1 Å². The molecule has 0 spiro atoms. The average molecular weight is 569 g/mol. The maximum Gasteiger partial charge on any atom is 0.410 e. The van der Waals surface area contributed by atoms with Crippen molar-refractivity contribution in [1.29, 1.82) is 0 Å².